The molecule has 0 bridgehead atoms. The van der Waals surface area contributed by atoms with Crippen LogP contribution in [-0.2, 0) is 7.05 Å². The van der Waals surface area contributed by atoms with Crippen molar-refractivity contribution in [3.8, 4) is 0 Å². The average molecular weight is 222 g/mol. The molecule has 0 aliphatic heterocycles. The van der Waals surface area contributed by atoms with E-state index in [1.165, 1.54) is 11.8 Å². The molecule has 2 aromatic rings. The molecular weight excluding hydrogens is 212 g/mol. The zero-order valence-electron chi connectivity index (χ0n) is 8.08. The summed E-state index contributed by atoms with van der Waals surface area (Å²) in [5.74, 6) is 0. The maximum Gasteiger partial charge on any atom is 0.213 e. The Balaban J connectivity index is 2.29. The number of benzene rings is 1. The molecule has 0 radical (unpaired) electrons. The zero-order chi connectivity index (χ0) is 10.8. The molecular formula is C8H10N6S. The lowest BCUT2D eigenvalue weighted by molar-refractivity contribution is 0.664. The van der Waals surface area contributed by atoms with Gasteiger partial charge in [0.15, 0.2) is 0 Å². The third-order valence-corrected chi connectivity index (χ3v) is 2.94. The minimum atomic E-state index is 0.628. The van der Waals surface area contributed by atoms with Crippen LogP contribution in [0.5, 0.6) is 0 Å². The normalized spacial score (nSPS) is 10.5. The van der Waals surface area contributed by atoms with Gasteiger partial charge in [-0.15, -0.1) is 5.10 Å². The molecule has 0 aliphatic carbocycles. The molecule has 15 heavy (non-hydrogen) atoms. The van der Waals surface area contributed by atoms with Gasteiger partial charge in [0.1, 0.15) is 0 Å². The molecule has 0 unspecified atom stereocenters. The number of tetrazole rings is 1. The van der Waals surface area contributed by atoms with Crippen LogP contribution in [0.2, 0.25) is 0 Å². The summed E-state index contributed by atoms with van der Waals surface area (Å²) in [5.41, 5.74) is 12.7. The summed E-state index contributed by atoms with van der Waals surface area (Å²) >= 11 is 1.40. The van der Waals surface area contributed by atoms with E-state index >= 15 is 0 Å². The van der Waals surface area contributed by atoms with Crippen LogP contribution in [-0.4, -0.2) is 20.2 Å². The first-order chi connectivity index (χ1) is 7.16. The van der Waals surface area contributed by atoms with Crippen molar-refractivity contribution in [3.63, 3.8) is 0 Å². The Morgan fingerprint density at radius 2 is 2.13 bits per heavy atom. The van der Waals surface area contributed by atoms with Crippen molar-refractivity contribution >= 4 is 23.1 Å². The van der Waals surface area contributed by atoms with Gasteiger partial charge >= 0.3 is 0 Å². The van der Waals surface area contributed by atoms with Crippen LogP contribution in [0.25, 0.3) is 0 Å². The van der Waals surface area contributed by atoms with E-state index in [2.05, 4.69) is 15.5 Å². The van der Waals surface area contributed by atoms with E-state index in [1.807, 2.05) is 6.07 Å². The number of hydrogen-bond acceptors (Lipinski definition) is 6. The van der Waals surface area contributed by atoms with E-state index in [4.69, 9.17) is 11.5 Å². The van der Waals surface area contributed by atoms with Crippen LogP contribution < -0.4 is 11.5 Å². The molecule has 7 heteroatoms. The van der Waals surface area contributed by atoms with Gasteiger partial charge in [0, 0.05) is 23.3 Å². The first-order valence-electron chi connectivity index (χ1n) is 4.22. The van der Waals surface area contributed by atoms with Gasteiger partial charge in [-0.25, -0.2) is 4.68 Å². The molecule has 2 rings (SSSR count). The van der Waals surface area contributed by atoms with Crippen molar-refractivity contribution in [2.45, 2.75) is 10.1 Å². The van der Waals surface area contributed by atoms with Crippen molar-refractivity contribution in [2.75, 3.05) is 11.5 Å². The smallest absolute Gasteiger partial charge is 0.213 e. The Kier molecular flexibility index (Phi) is 2.46. The summed E-state index contributed by atoms with van der Waals surface area (Å²) in [7, 11) is 1.77. The van der Waals surface area contributed by atoms with Crippen LogP contribution in [0.3, 0.4) is 0 Å². The molecule has 0 atom stereocenters. The monoisotopic (exact) mass is 222 g/mol. The molecule has 0 saturated carbocycles. The molecule has 1 aromatic heterocycles. The van der Waals surface area contributed by atoms with Gasteiger partial charge in [0.2, 0.25) is 5.16 Å². The Labute approximate surface area is 90.6 Å². The topological polar surface area (TPSA) is 95.6 Å². The minimum absolute atomic E-state index is 0.628. The van der Waals surface area contributed by atoms with Gasteiger partial charge in [-0.05, 0) is 40.4 Å². The summed E-state index contributed by atoms with van der Waals surface area (Å²) in [6, 6.07) is 5.36. The summed E-state index contributed by atoms with van der Waals surface area (Å²) in [4.78, 5) is 0.891. The van der Waals surface area contributed by atoms with Gasteiger partial charge in [-0.1, -0.05) is 0 Å². The van der Waals surface area contributed by atoms with Crippen LogP contribution in [0.4, 0.5) is 11.4 Å². The predicted molar refractivity (Wildman–Crippen MR) is 58.2 cm³/mol. The van der Waals surface area contributed by atoms with E-state index < -0.39 is 0 Å². The van der Waals surface area contributed by atoms with Crippen LogP contribution in [0.15, 0.2) is 28.3 Å². The Morgan fingerprint density at radius 1 is 1.33 bits per heavy atom. The molecule has 1 aromatic carbocycles. The van der Waals surface area contributed by atoms with Gasteiger partial charge in [0.25, 0.3) is 0 Å². The first-order valence-corrected chi connectivity index (χ1v) is 5.03. The molecule has 6 nitrogen and oxygen atoms in total. The predicted octanol–water partition coefficient (Wildman–Crippen LogP) is 0.526. The second-order valence-electron chi connectivity index (χ2n) is 2.98. The van der Waals surface area contributed by atoms with Crippen LogP contribution >= 0.6 is 11.8 Å². The fourth-order valence-electron chi connectivity index (χ4n) is 1.07. The molecule has 0 saturated heterocycles. The fourth-order valence-corrected chi connectivity index (χ4v) is 1.82. The van der Waals surface area contributed by atoms with Gasteiger partial charge in [-0.2, -0.15) is 0 Å². The van der Waals surface area contributed by atoms with E-state index in [9.17, 15) is 0 Å². The molecule has 78 valence electrons. The highest BCUT2D eigenvalue weighted by atomic mass is 32.2. The van der Waals surface area contributed by atoms with Crippen LogP contribution in [0.1, 0.15) is 0 Å². The van der Waals surface area contributed by atoms with Crippen molar-refractivity contribution in [1.29, 1.82) is 0 Å². The zero-order valence-corrected chi connectivity index (χ0v) is 8.90. The van der Waals surface area contributed by atoms with Crippen molar-refractivity contribution in [1.82, 2.24) is 20.2 Å². The summed E-state index contributed by atoms with van der Waals surface area (Å²) < 4.78 is 1.58. The summed E-state index contributed by atoms with van der Waals surface area (Å²) in [6.45, 7) is 0. The number of aryl methyl sites for hydroxylation is 1. The number of nitrogens with two attached hydrogens (primary N) is 2. The van der Waals surface area contributed by atoms with E-state index in [1.54, 1.807) is 23.9 Å². The van der Waals surface area contributed by atoms with Gasteiger partial charge in [0.05, 0.1) is 0 Å². The molecule has 1 heterocycles. The highest BCUT2D eigenvalue weighted by molar-refractivity contribution is 7.99. The lowest BCUT2D eigenvalue weighted by Gasteiger charge is -2.04. The molecule has 4 N–H and O–H groups in total. The number of anilines is 2. The third kappa shape index (κ3) is 2.01. The Bertz CT molecular complexity index is 480. The third-order valence-electron chi connectivity index (χ3n) is 1.82. The van der Waals surface area contributed by atoms with Gasteiger partial charge < -0.3 is 11.5 Å². The number of hydrogen-bond donors (Lipinski definition) is 2. The van der Waals surface area contributed by atoms with E-state index in [0.717, 1.165) is 4.90 Å². The standard InChI is InChI=1S/C8H10N6S/c1-14-8(11-12-13-14)15-7-3-2-5(9)4-6(7)10/h2-4H,9-10H2,1H3. The maximum atomic E-state index is 5.81. The van der Waals surface area contributed by atoms with Crippen molar-refractivity contribution in [2.24, 2.45) is 7.05 Å². The van der Waals surface area contributed by atoms with Crippen LogP contribution in [0, 0.1) is 0 Å². The Hall–Kier alpha value is -1.76. The summed E-state index contributed by atoms with van der Waals surface area (Å²) in [5, 5.41) is 11.8. The number of rotatable bonds is 2. The lowest BCUT2D eigenvalue weighted by Crippen LogP contribution is -1.95. The second kappa shape index (κ2) is 3.77. The number of aromatic nitrogens is 4. The quantitative estimate of drug-likeness (QED) is 0.719. The highest BCUT2D eigenvalue weighted by Gasteiger charge is 2.07. The largest absolute Gasteiger partial charge is 0.399 e. The van der Waals surface area contributed by atoms with E-state index in [0.29, 0.717) is 16.5 Å². The molecule has 0 aliphatic rings. The second-order valence-corrected chi connectivity index (χ2v) is 3.99. The SMILES string of the molecule is Cn1nnnc1Sc1ccc(N)cc1N. The fraction of sp³-hybridized carbons (Fsp3) is 0.125. The molecule has 0 spiro atoms. The molecule has 0 amide bonds. The minimum Gasteiger partial charge on any atom is -0.399 e. The van der Waals surface area contributed by atoms with Gasteiger partial charge in [-0.3, -0.25) is 0 Å². The summed E-state index contributed by atoms with van der Waals surface area (Å²) in [6.07, 6.45) is 0. The maximum absolute atomic E-state index is 5.81. The highest BCUT2D eigenvalue weighted by Crippen LogP contribution is 2.30. The Morgan fingerprint density at radius 3 is 2.73 bits per heavy atom. The number of nitrogen functional groups attached to an aromatic ring is 2. The van der Waals surface area contributed by atoms with Crippen molar-refractivity contribution < 1.29 is 0 Å². The van der Waals surface area contributed by atoms with E-state index in [-0.39, 0.29) is 0 Å². The van der Waals surface area contributed by atoms with Crippen molar-refractivity contribution in [3.05, 3.63) is 18.2 Å². The lowest BCUT2D eigenvalue weighted by atomic mass is 10.3. The molecule has 0 fully saturated rings. The first kappa shape index (κ1) is 9.78. The number of nitrogens with zero attached hydrogens (tertiary/aromatic N) is 4. The average Bonchev–Trinajstić information content (AvgIpc) is 2.57.